The minimum absolute atomic E-state index is 0.0621. The lowest BCUT2D eigenvalue weighted by Crippen LogP contribution is -2.20. The van der Waals surface area contributed by atoms with E-state index >= 15 is 0 Å². The van der Waals surface area contributed by atoms with Gasteiger partial charge in [-0.05, 0) is 31.2 Å². The number of aromatic nitrogens is 1. The van der Waals surface area contributed by atoms with Crippen molar-refractivity contribution >= 4 is 23.3 Å². The summed E-state index contributed by atoms with van der Waals surface area (Å²) in [6.07, 6.45) is 1.47. The summed E-state index contributed by atoms with van der Waals surface area (Å²) in [6.45, 7) is 1.93. The highest BCUT2D eigenvalue weighted by atomic mass is 35.5. The molecule has 1 aromatic carbocycles. The number of pyridine rings is 1. The van der Waals surface area contributed by atoms with Crippen LogP contribution < -0.4 is 10.1 Å². The van der Waals surface area contributed by atoms with Crippen LogP contribution in [0.25, 0.3) is 0 Å². The van der Waals surface area contributed by atoms with Crippen LogP contribution >= 0.6 is 11.6 Å². The summed E-state index contributed by atoms with van der Waals surface area (Å²) >= 11 is 5.70. The number of anilines is 1. The molecule has 0 atom stereocenters. The summed E-state index contributed by atoms with van der Waals surface area (Å²) in [5.41, 5.74) is 1.14. The molecule has 1 aromatic heterocycles. The summed E-state index contributed by atoms with van der Waals surface area (Å²) in [6, 6.07) is 10.8. The SMILES string of the molecule is Cc1ccc(OCC(=O)Nc2ccc(Cl)cn2)cc1. The maximum Gasteiger partial charge on any atom is 0.263 e. The van der Waals surface area contributed by atoms with E-state index in [1.165, 1.54) is 6.20 Å². The van der Waals surface area contributed by atoms with Crippen molar-refractivity contribution in [2.24, 2.45) is 0 Å². The lowest BCUT2D eigenvalue weighted by atomic mass is 10.2. The van der Waals surface area contributed by atoms with E-state index in [-0.39, 0.29) is 12.5 Å². The number of benzene rings is 1. The molecule has 19 heavy (non-hydrogen) atoms. The van der Waals surface area contributed by atoms with Gasteiger partial charge in [0.1, 0.15) is 11.6 Å². The first-order valence-electron chi connectivity index (χ1n) is 5.74. The summed E-state index contributed by atoms with van der Waals surface area (Å²) in [5.74, 6) is 0.835. The van der Waals surface area contributed by atoms with Crippen LogP contribution in [0.2, 0.25) is 5.02 Å². The Morgan fingerprint density at radius 2 is 2.00 bits per heavy atom. The zero-order chi connectivity index (χ0) is 13.7. The molecule has 0 saturated carbocycles. The van der Waals surface area contributed by atoms with E-state index in [2.05, 4.69) is 10.3 Å². The van der Waals surface area contributed by atoms with Gasteiger partial charge in [-0.15, -0.1) is 0 Å². The zero-order valence-electron chi connectivity index (χ0n) is 10.4. The molecule has 4 nitrogen and oxygen atoms in total. The average molecular weight is 277 g/mol. The van der Waals surface area contributed by atoms with Gasteiger partial charge in [0.2, 0.25) is 0 Å². The predicted octanol–water partition coefficient (Wildman–Crippen LogP) is 3.06. The van der Waals surface area contributed by atoms with Crippen molar-refractivity contribution < 1.29 is 9.53 Å². The topological polar surface area (TPSA) is 51.2 Å². The van der Waals surface area contributed by atoms with Crippen molar-refractivity contribution in [2.45, 2.75) is 6.92 Å². The first-order valence-corrected chi connectivity index (χ1v) is 6.12. The van der Waals surface area contributed by atoms with Crippen LogP contribution in [0.15, 0.2) is 42.6 Å². The van der Waals surface area contributed by atoms with Gasteiger partial charge in [-0.3, -0.25) is 4.79 Å². The highest BCUT2D eigenvalue weighted by molar-refractivity contribution is 6.30. The first kappa shape index (κ1) is 13.4. The van der Waals surface area contributed by atoms with E-state index in [1.54, 1.807) is 12.1 Å². The predicted molar refractivity (Wildman–Crippen MR) is 74.6 cm³/mol. The third kappa shape index (κ3) is 4.26. The maximum absolute atomic E-state index is 11.6. The molecule has 0 aliphatic heterocycles. The molecular weight excluding hydrogens is 264 g/mol. The van der Waals surface area contributed by atoms with Gasteiger partial charge in [-0.2, -0.15) is 0 Å². The number of amides is 1. The van der Waals surface area contributed by atoms with Crippen molar-refractivity contribution in [1.82, 2.24) is 4.98 Å². The van der Waals surface area contributed by atoms with Crippen LogP contribution in [0.1, 0.15) is 5.56 Å². The molecule has 1 amide bonds. The van der Waals surface area contributed by atoms with Gasteiger partial charge >= 0.3 is 0 Å². The number of aryl methyl sites for hydroxylation is 1. The van der Waals surface area contributed by atoms with Crippen molar-refractivity contribution in [2.75, 3.05) is 11.9 Å². The van der Waals surface area contributed by atoms with Gasteiger partial charge < -0.3 is 10.1 Å². The van der Waals surface area contributed by atoms with E-state index < -0.39 is 0 Å². The van der Waals surface area contributed by atoms with E-state index in [0.29, 0.717) is 16.6 Å². The highest BCUT2D eigenvalue weighted by Crippen LogP contribution is 2.12. The minimum Gasteiger partial charge on any atom is -0.484 e. The lowest BCUT2D eigenvalue weighted by molar-refractivity contribution is -0.118. The molecule has 1 N–H and O–H groups in total. The third-order valence-corrected chi connectivity index (χ3v) is 2.61. The monoisotopic (exact) mass is 276 g/mol. The molecule has 0 bridgehead atoms. The van der Waals surface area contributed by atoms with Crippen LogP contribution in [-0.2, 0) is 4.79 Å². The van der Waals surface area contributed by atoms with Crippen molar-refractivity contribution in [3.8, 4) is 5.75 Å². The van der Waals surface area contributed by atoms with Crippen LogP contribution in [0.3, 0.4) is 0 Å². The Labute approximate surface area is 116 Å². The molecule has 0 aliphatic rings. The first-order chi connectivity index (χ1) is 9.13. The summed E-state index contributed by atoms with van der Waals surface area (Å²) in [7, 11) is 0. The molecule has 1 heterocycles. The van der Waals surface area contributed by atoms with Gasteiger partial charge in [0.05, 0.1) is 5.02 Å². The minimum atomic E-state index is -0.268. The highest BCUT2D eigenvalue weighted by Gasteiger charge is 2.04. The average Bonchev–Trinajstić information content (AvgIpc) is 2.41. The number of carbonyl (C=O) groups is 1. The maximum atomic E-state index is 11.6. The summed E-state index contributed by atoms with van der Waals surface area (Å²) < 4.78 is 5.35. The van der Waals surface area contributed by atoms with Gasteiger partial charge in [0, 0.05) is 6.20 Å². The number of halogens is 1. The molecule has 0 unspecified atom stereocenters. The zero-order valence-corrected chi connectivity index (χ0v) is 11.1. The summed E-state index contributed by atoms with van der Waals surface area (Å²) in [4.78, 5) is 15.6. The fourth-order valence-corrected chi connectivity index (χ4v) is 1.52. The molecule has 5 heteroatoms. The van der Waals surface area contributed by atoms with Gasteiger partial charge in [0.15, 0.2) is 6.61 Å². The number of carbonyl (C=O) groups excluding carboxylic acids is 1. The Morgan fingerprint density at radius 3 is 2.63 bits per heavy atom. The fraction of sp³-hybridized carbons (Fsp3) is 0.143. The third-order valence-electron chi connectivity index (χ3n) is 2.39. The number of hydrogen-bond donors (Lipinski definition) is 1. The van der Waals surface area contributed by atoms with E-state index in [1.807, 2.05) is 31.2 Å². The molecular formula is C14H13ClN2O2. The molecule has 0 aliphatic carbocycles. The van der Waals surface area contributed by atoms with E-state index in [0.717, 1.165) is 5.56 Å². The normalized spacial score (nSPS) is 10.0. The van der Waals surface area contributed by atoms with Gasteiger partial charge in [-0.1, -0.05) is 29.3 Å². The number of nitrogens with zero attached hydrogens (tertiary/aromatic N) is 1. The van der Waals surface area contributed by atoms with Gasteiger partial charge in [0.25, 0.3) is 5.91 Å². The van der Waals surface area contributed by atoms with Crippen LogP contribution in [-0.4, -0.2) is 17.5 Å². The van der Waals surface area contributed by atoms with Crippen molar-refractivity contribution in [3.05, 3.63) is 53.2 Å². The van der Waals surface area contributed by atoms with Crippen molar-refractivity contribution in [1.29, 1.82) is 0 Å². The second-order valence-electron chi connectivity index (χ2n) is 4.01. The standard InChI is InChI=1S/C14H13ClN2O2/c1-10-2-5-12(6-3-10)19-9-14(18)17-13-7-4-11(15)8-16-13/h2-8H,9H2,1H3,(H,16,17,18). The molecule has 0 saturated heterocycles. The Morgan fingerprint density at radius 1 is 1.26 bits per heavy atom. The fourth-order valence-electron chi connectivity index (χ4n) is 1.41. The van der Waals surface area contributed by atoms with Crippen LogP contribution in [0, 0.1) is 6.92 Å². The number of rotatable bonds is 4. The number of nitrogens with one attached hydrogen (secondary N) is 1. The van der Waals surface area contributed by atoms with Crippen LogP contribution in [0.5, 0.6) is 5.75 Å². The van der Waals surface area contributed by atoms with Gasteiger partial charge in [-0.25, -0.2) is 4.98 Å². The van der Waals surface area contributed by atoms with Crippen molar-refractivity contribution in [3.63, 3.8) is 0 Å². The second kappa shape index (κ2) is 6.20. The smallest absolute Gasteiger partial charge is 0.263 e. The quantitative estimate of drug-likeness (QED) is 0.934. The lowest BCUT2D eigenvalue weighted by Gasteiger charge is -2.07. The molecule has 98 valence electrons. The number of ether oxygens (including phenoxy) is 1. The molecule has 0 radical (unpaired) electrons. The Bertz CT molecular complexity index is 553. The Hall–Kier alpha value is -2.07. The molecule has 2 aromatic rings. The van der Waals surface area contributed by atoms with E-state index in [4.69, 9.17) is 16.3 Å². The summed E-state index contributed by atoms with van der Waals surface area (Å²) in [5, 5.41) is 3.14. The molecule has 0 fully saturated rings. The Kier molecular flexibility index (Phi) is 4.36. The second-order valence-corrected chi connectivity index (χ2v) is 4.45. The van der Waals surface area contributed by atoms with E-state index in [9.17, 15) is 4.79 Å². The van der Waals surface area contributed by atoms with Crippen LogP contribution in [0.4, 0.5) is 5.82 Å². The molecule has 0 spiro atoms. The molecule has 2 rings (SSSR count). The number of hydrogen-bond acceptors (Lipinski definition) is 3. The largest absolute Gasteiger partial charge is 0.484 e. The Balaban J connectivity index is 1.84.